The molecule has 3 heterocycles. The zero-order valence-electron chi connectivity index (χ0n) is 15.1. The molecule has 1 aliphatic heterocycles. The lowest BCUT2D eigenvalue weighted by atomic mass is 10.0. The van der Waals surface area contributed by atoms with Crippen molar-refractivity contribution in [3.63, 3.8) is 0 Å². The van der Waals surface area contributed by atoms with E-state index in [2.05, 4.69) is 15.3 Å². The molecule has 9 heteroatoms. The zero-order valence-corrected chi connectivity index (χ0v) is 15.9. The van der Waals surface area contributed by atoms with Crippen LogP contribution in [0.3, 0.4) is 0 Å². The van der Waals surface area contributed by atoms with E-state index in [1.54, 1.807) is 49.6 Å². The maximum absolute atomic E-state index is 14.5. The van der Waals surface area contributed by atoms with Gasteiger partial charge in [0.05, 0.1) is 12.1 Å². The van der Waals surface area contributed by atoms with Gasteiger partial charge < -0.3 is 15.0 Å². The fourth-order valence-corrected chi connectivity index (χ4v) is 3.96. The van der Waals surface area contributed by atoms with Gasteiger partial charge >= 0.3 is 0 Å². The number of hydrogen-bond acceptors (Lipinski definition) is 6. The highest BCUT2D eigenvalue weighted by atomic mass is 32.1. The first-order chi connectivity index (χ1) is 13.5. The van der Waals surface area contributed by atoms with Crippen LogP contribution in [0.4, 0.5) is 14.5 Å². The van der Waals surface area contributed by atoms with Gasteiger partial charge in [-0.3, -0.25) is 4.79 Å². The largest absolute Gasteiger partial charge is 0.458 e. The summed E-state index contributed by atoms with van der Waals surface area (Å²) in [6, 6.07) is 10.5. The number of carbonyl (C=O) groups is 1. The molecule has 2 aromatic heterocycles. The Bertz CT molecular complexity index is 977. The number of ether oxygens (including phenoxy) is 1. The minimum absolute atomic E-state index is 0.0366. The summed E-state index contributed by atoms with van der Waals surface area (Å²) in [6.45, 7) is -0.252. The number of alkyl halides is 2. The number of pyridine rings is 1. The topological polar surface area (TPSA) is 67.4 Å². The molecule has 0 aliphatic carbocycles. The molecule has 1 N–H and O–H groups in total. The van der Waals surface area contributed by atoms with E-state index in [1.807, 2.05) is 0 Å². The monoisotopic (exact) mass is 404 g/mol. The Morgan fingerprint density at radius 2 is 2.14 bits per heavy atom. The summed E-state index contributed by atoms with van der Waals surface area (Å²) >= 11 is 1.11. The summed E-state index contributed by atoms with van der Waals surface area (Å²) in [5, 5.41) is 3.08. The predicted molar refractivity (Wildman–Crippen MR) is 103 cm³/mol. The second kappa shape index (κ2) is 7.31. The lowest BCUT2D eigenvalue weighted by Crippen LogP contribution is -2.55. The molecule has 1 saturated heterocycles. The average Bonchev–Trinajstić information content (AvgIpc) is 3.11. The molecule has 0 radical (unpaired) electrons. The number of anilines is 1. The first-order valence-corrected chi connectivity index (χ1v) is 9.61. The van der Waals surface area contributed by atoms with Gasteiger partial charge in [0, 0.05) is 31.9 Å². The van der Waals surface area contributed by atoms with E-state index < -0.39 is 18.4 Å². The number of amides is 1. The highest BCUT2D eigenvalue weighted by molar-refractivity contribution is 7.19. The molecule has 0 spiro atoms. The van der Waals surface area contributed by atoms with Crippen LogP contribution in [0.15, 0.2) is 42.6 Å². The van der Waals surface area contributed by atoms with Gasteiger partial charge in [-0.15, -0.1) is 0 Å². The zero-order chi connectivity index (χ0) is 19.7. The summed E-state index contributed by atoms with van der Waals surface area (Å²) in [5.41, 5.74) is 1.69. The molecule has 1 unspecified atom stereocenters. The molecule has 4 rings (SSSR count). The highest BCUT2D eigenvalue weighted by Crippen LogP contribution is 2.35. The Kier molecular flexibility index (Phi) is 4.84. The van der Waals surface area contributed by atoms with Crippen LogP contribution in [0.5, 0.6) is 5.19 Å². The van der Waals surface area contributed by atoms with E-state index in [9.17, 15) is 13.6 Å². The third kappa shape index (κ3) is 3.49. The molecular formula is C19H18F2N4O2S. The average molecular weight is 404 g/mol. The van der Waals surface area contributed by atoms with Gasteiger partial charge in [-0.2, -0.15) is 0 Å². The van der Waals surface area contributed by atoms with Gasteiger partial charge in [-0.05, 0) is 24.3 Å². The third-order valence-corrected chi connectivity index (χ3v) is 5.55. The third-order valence-electron chi connectivity index (χ3n) is 4.68. The van der Waals surface area contributed by atoms with E-state index in [-0.39, 0.29) is 24.2 Å². The number of likely N-dealkylation sites (tertiary alicyclic amines) is 1. The maximum atomic E-state index is 14.5. The Morgan fingerprint density at radius 1 is 1.32 bits per heavy atom. The second-order valence-corrected chi connectivity index (χ2v) is 7.41. The van der Waals surface area contributed by atoms with Crippen molar-refractivity contribution < 1.29 is 18.3 Å². The maximum Gasteiger partial charge on any atom is 0.287 e. The van der Waals surface area contributed by atoms with Crippen LogP contribution in [-0.2, 0) is 0 Å². The van der Waals surface area contributed by atoms with Gasteiger partial charge in [-0.1, -0.05) is 23.5 Å². The van der Waals surface area contributed by atoms with Gasteiger partial charge in [0.1, 0.15) is 10.3 Å². The molecule has 1 amide bonds. The van der Waals surface area contributed by atoms with Crippen LogP contribution in [0, 0.1) is 0 Å². The smallest absolute Gasteiger partial charge is 0.287 e. The van der Waals surface area contributed by atoms with Crippen molar-refractivity contribution in [1.29, 1.82) is 0 Å². The number of aromatic nitrogens is 2. The van der Waals surface area contributed by atoms with Crippen molar-refractivity contribution in [2.75, 3.05) is 25.5 Å². The number of nitrogens with zero attached hydrogens (tertiary/aromatic N) is 3. The molecule has 3 aromatic rings. The number of para-hydroxylation sites is 1. The Morgan fingerprint density at radius 3 is 2.93 bits per heavy atom. The SMILES string of the molecule is CNc1ccccc1C(=O)N1CCC(F)(F)C(Oc2nc3cccnc3s2)C1. The number of halogens is 2. The molecule has 1 aromatic carbocycles. The van der Waals surface area contributed by atoms with E-state index >= 15 is 0 Å². The Balaban J connectivity index is 1.55. The predicted octanol–water partition coefficient (Wildman–Crippen LogP) is 3.66. The van der Waals surface area contributed by atoms with E-state index in [4.69, 9.17) is 4.74 Å². The van der Waals surface area contributed by atoms with Crippen molar-refractivity contribution in [3.05, 3.63) is 48.2 Å². The van der Waals surface area contributed by atoms with Gasteiger partial charge in [0.2, 0.25) is 0 Å². The van der Waals surface area contributed by atoms with Crippen molar-refractivity contribution in [1.82, 2.24) is 14.9 Å². The molecule has 0 bridgehead atoms. The van der Waals surface area contributed by atoms with E-state index in [1.165, 1.54) is 4.90 Å². The van der Waals surface area contributed by atoms with Crippen LogP contribution in [0.2, 0.25) is 0 Å². The number of piperidine rings is 1. The Hall–Kier alpha value is -2.81. The van der Waals surface area contributed by atoms with Crippen molar-refractivity contribution in [2.24, 2.45) is 0 Å². The highest BCUT2D eigenvalue weighted by Gasteiger charge is 2.47. The molecule has 0 saturated carbocycles. The first-order valence-electron chi connectivity index (χ1n) is 8.80. The van der Waals surface area contributed by atoms with E-state index in [0.717, 1.165) is 11.3 Å². The van der Waals surface area contributed by atoms with Gasteiger partial charge in [0.25, 0.3) is 17.0 Å². The molecule has 1 atom stereocenters. The summed E-state index contributed by atoms with van der Waals surface area (Å²) in [7, 11) is 1.71. The summed E-state index contributed by atoms with van der Waals surface area (Å²) < 4.78 is 34.5. The molecule has 1 aliphatic rings. The Labute approximate surface area is 164 Å². The molecule has 6 nitrogen and oxygen atoms in total. The van der Waals surface area contributed by atoms with Gasteiger partial charge in [-0.25, -0.2) is 18.7 Å². The molecule has 146 valence electrons. The normalized spacial score (nSPS) is 18.8. The second-order valence-electron chi connectivity index (χ2n) is 6.47. The number of carbonyl (C=O) groups excluding carboxylic acids is 1. The minimum Gasteiger partial charge on any atom is -0.458 e. The lowest BCUT2D eigenvalue weighted by Gasteiger charge is -2.37. The fraction of sp³-hybridized carbons (Fsp3) is 0.316. The summed E-state index contributed by atoms with van der Waals surface area (Å²) in [4.78, 5) is 23.3. The number of rotatable bonds is 4. The van der Waals surface area contributed by atoms with Crippen molar-refractivity contribution in [2.45, 2.75) is 18.4 Å². The van der Waals surface area contributed by atoms with Crippen LogP contribution in [0.25, 0.3) is 10.3 Å². The van der Waals surface area contributed by atoms with Crippen LogP contribution >= 0.6 is 11.3 Å². The number of thiazole rings is 1. The standard InChI is InChI=1S/C19H18F2N4O2S/c1-22-13-6-3-2-5-12(13)17(26)25-10-8-19(20,21)15(11-25)27-18-24-14-7-4-9-23-16(14)28-18/h2-7,9,15,22H,8,10-11H2,1H3. The summed E-state index contributed by atoms with van der Waals surface area (Å²) in [6.07, 6.45) is -0.319. The number of benzene rings is 1. The lowest BCUT2D eigenvalue weighted by molar-refractivity contribution is -0.130. The van der Waals surface area contributed by atoms with Crippen LogP contribution in [-0.4, -0.2) is 52.9 Å². The van der Waals surface area contributed by atoms with Crippen LogP contribution < -0.4 is 10.1 Å². The van der Waals surface area contributed by atoms with Crippen LogP contribution in [0.1, 0.15) is 16.8 Å². The van der Waals surface area contributed by atoms with Crippen molar-refractivity contribution >= 4 is 33.3 Å². The molecule has 28 heavy (non-hydrogen) atoms. The minimum atomic E-state index is -3.05. The van der Waals surface area contributed by atoms with Crippen molar-refractivity contribution in [3.8, 4) is 5.19 Å². The number of hydrogen-bond donors (Lipinski definition) is 1. The molecular weight excluding hydrogens is 386 g/mol. The first kappa shape index (κ1) is 18.5. The quantitative estimate of drug-likeness (QED) is 0.719. The number of nitrogens with one attached hydrogen (secondary N) is 1. The fourth-order valence-electron chi connectivity index (χ4n) is 3.16. The number of fused-ring (bicyclic) bond motifs is 1. The molecule has 1 fully saturated rings. The van der Waals surface area contributed by atoms with Gasteiger partial charge in [0.15, 0.2) is 6.10 Å². The van der Waals surface area contributed by atoms with E-state index in [0.29, 0.717) is 21.6 Å². The summed E-state index contributed by atoms with van der Waals surface area (Å²) in [5.74, 6) is -3.36.